The Hall–Kier alpha value is -2.95. The zero-order valence-electron chi connectivity index (χ0n) is 13.2. The maximum atomic E-state index is 12.6. The number of carbonyl (C=O) groups excluding carboxylic acids is 3. The fourth-order valence-corrected chi connectivity index (χ4v) is 2.75. The molecule has 1 aliphatic heterocycles. The number of ketones is 1. The molecule has 0 spiro atoms. The minimum Gasteiger partial charge on any atom is -0.457 e. The summed E-state index contributed by atoms with van der Waals surface area (Å²) in [6, 6.07) is 15.9. The normalized spacial score (nSPS) is 19.6. The molecule has 0 bridgehead atoms. The number of rotatable bonds is 4. The highest BCUT2D eigenvalue weighted by Gasteiger charge is 2.40. The van der Waals surface area contributed by atoms with Crippen LogP contribution in [0, 0.1) is 5.92 Å². The second kappa shape index (κ2) is 6.66. The third-order valence-corrected chi connectivity index (χ3v) is 4.03. The predicted octanol–water partition coefficient (Wildman–Crippen LogP) is 3.13. The summed E-state index contributed by atoms with van der Waals surface area (Å²) in [5.41, 5.74) is 1.96. The molecule has 3 rings (SSSR count). The second-order valence-corrected chi connectivity index (χ2v) is 5.75. The number of cyclic esters (lactones) is 1. The van der Waals surface area contributed by atoms with Crippen molar-refractivity contribution < 1.29 is 19.1 Å². The Balaban J connectivity index is 1.75. The van der Waals surface area contributed by atoms with Crippen LogP contribution in [0.2, 0.25) is 0 Å². The second-order valence-electron chi connectivity index (χ2n) is 5.75. The summed E-state index contributed by atoms with van der Waals surface area (Å²) in [5.74, 6) is -1.26. The lowest BCUT2D eigenvalue weighted by atomic mass is 9.94. The smallest absolute Gasteiger partial charge is 0.307 e. The number of ether oxygens (including phenoxy) is 1. The van der Waals surface area contributed by atoms with E-state index in [0.717, 1.165) is 5.56 Å². The largest absolute Gasteiger partial charge is 0.457 e. The highest BCUT2D eigenvalue weighted by molar-refractivity contribution is 5.98. The first-order valence-electron chi connectivity index (χ1n) is 7.71. The highest BCUT2D eigenvalue weighted by atomic mass is 16.6. The van der Waals surface area contributed by atoms with Crippen LogP contribution in [0.1, 0.15) is 35.4 Å². The van der Waals surface area contributed by atoms with Crippen LogP contribution in [-0.2, 0) is 14.3 Å². The van der Waals surface area contributed by atoms with Crippen LogP contribution in [0.4, 0.5) is 5.69 Å². The fraction of sp³-hybridized carbons (Fsp3) is 0.211. The van der Waals surface area contributed by atoms with Gasteiger partial charge < -0.3 is 10.1 Å². The van der Waals surface area contributed by atoms with Crippen LogP contribution in [-0.4, -0.2) is 17.7 Å². The first-order chi connectivity index (χ1) is 11.5. The summed E-state index contributed by atoms with van der Waals surface area (Å²) in [6.07, 6.45) is -0.521. The molecule has 2 aromatic rings. The van der Waals surface area contributed by atoms with Crippen molar-refractivity contribution >= 4 is 23.3 Å². The van der Waals surface area contributed by atoms with E-state index in [1.54, 1.807) is 24.3 Å². The molecule has 1 amide bonds. The van der Waals surface area contributed by atoms with E-state index in [9.17, 15) is 14.4 Å². The van der Waals surface area contributed by atoms with Gasteiger partial charge >= 0.3 is 5.97 Å². The number of Topliss-reactive ketones (excluding diaryl/α,β-unsaturated/α-hetero) is 1. The van der Waals surface area contributed by atoms with Gasteiger partial charge in [-0.25, -0.2) is 0 Å². The first-order valence-corrected chi connectivity index (χ1v) is 7.71. The molecule has 2 atom stereocenters. The maximum absolute atomic E-state index is 12.6. The van der Waals surface area contributed by atoms with Crippen LogP contribution in [0.25, 0.3) is 0 Å². The number of hydrogen-bond acceptors (Lipinski definition) is 4. The number of hydrogen-bond donors (Lipinski definition) is 1. The van der Waals surface area contributed by atoms with Gasteiger partial charge in [-0.1, -0.05) is 30.3 Å². The predicted molar refractivity (Wildman–Crippen MR) is 88.5 cm³/mol. The number of benzene rings is 2. The van der Waals surface area contributed by atoms with Gasteiger partial charge in [-0.05, 0) is 36.8 Å². The molecule has 1 heterocycles. The minimum atomic E-state index is -0.576. The van der Waals surface area contributed by atoms with Gasteiger partial charge in [-0.2, -0.15) is 0 Å². The van der Waals surface area contributed by atoms with Crippen molar-refractivity contribution in [2.45, 2.75) is 19.4 Å². The molecule has 122 valence electrons. The summed E-state index contributed by atoms with van der Waals surface area (Å²) in [6.45, 7) is 1.49. The van der Waals surface area contributed by atoms with Crippen LogP contribution < -0.4 is 5.32 Å². The van der Waals surface area contributed by atoms with Crippen LogP contribution >= 0.6 is 0 Å². The van der Waals surface area contributed by atoms with Crippen LogP contribution in [0.5, 0.6) is 0 Å². The van der Waals surface area contributed by atoms with E-state index in [1.165, 1.54) is 6.92 Å². The lowest BCUT2D eigenvalue weighted by Gasteiger charge is -2.17. The SMILES string of the molecule is CC(=O)c1ccc(NC(=O)[C@H]2CC(=O)O[C@@H]2c2ccccc2)cc1. The van der Waals surface area contributed by atoms with Crippen molar-refractivity contribution in [2.24, 2.45) is 5.92 Å². The molecule has 1 aliphatic rings. The molecule has 0 saturated carbocycles. The van der Waals surface area contributed by atoms with E-state index >= 15 is 0 Å². The molecule has 1 saturated heterocycles. The van der Waals surface area contributed by atoms with E-state index in [4.69, 9.17) is 4.74 Å². The van der Waals surface area contributed by atoms with Crippen molar-refractivity contribution in [3.05, 3.63) is 65.7 Å². The summed E-state index contributed by atoms with van der Waals surface area (Å²) in [5, 5.41) is 2.79. The molecule has 0 unspecified atom stereocenters. The van der Waals surface area contributed by atoms with Gasteiger partial charge in [0.2, 0.25) is 5.91 Å². The summed E-state index contributed by atoms with van der Waals surface area (Å²) >= 11 is 0. The number of esters is 1. The van der Waals surface area contributed by atoms with Gasteiger partial charge in [0.15, 0.2) is 5.78 Å². The summed E-state index contributed by atoms with van der Waals surface area (Å²) in [7, 11) is 0. The highest BCUT2D eigenvalue weighted by Crippen LogP contribution is 2.36. The zero-order valence-corrected chi connectivity index (χ0v) is 13.2. The van der Waals surface area contributed by atoms with Gasteiger partial charge in [-0.3, -0.25) is 14.4 Å². The third kappa shape index (κ3) is 3.35. The summed E-state index contributed by atoms with van der Waals surface area (Å²) in [4.78, 5) is 35.5. The van der Waals surface area contributed by atoms with Gasteiger partial charge in [0, 0.05) is 11.3 Å². The monoisotopic (exact) mass is 323 g/mol. The van der Waals surface area contributed by atoms with Crippen LogP contribution in [0.15, 0.2) is 54.6 Å². The topological polar surface area (TPSA) is 72.5 Å². The van der Waals surface area contributed by atoms with Crippen molar-refractivity contribution in [1.29, 1.82) is 0 Å². The molecular weight excluding hydrogens is 306 g/mol. The maximum Gasteiger partial charge on any atom is 0.307 e. The fourth-order valence-electron chi connectivity index (χ4n) is 2.75. The minimum absolute atomic E-state index is 0.0354. The Morgan fingerprint density at radius 1 is 1.04 bits per heavy atom. The molecule has 5 heteroatoms. The molecule has 1 fully saturated rings. The Bertz CT molecular complexity index is 768. The van der Waals surface area contributed by atoms with E-state index in [1.807, 2.05) is 30.3 Å². The Morgan fingerprint density at radius 3 is 2.33 bits per heavy atom. The Labute approximate surface area is 139 Å². The lowest BCUT2D eigenvalue weighted by molar-refractivity contribution is -0.141. The Morgan fingerprint density at radius 2 is 1.71 bits per heavy atom. The number of nitrogens with one attached hydrogen (secondary N) is 1. The van der Waals surface area contributed by atoms with Gasteiger partial charge in [0.1, 0.15) is 6.10 Å². The van der Waals surface area contributed by atoms with Crippen molar-refractivity contribution in [2.75, 3.05) is 5.32 Å². The Kier molecular flexibility index (Phi) is 4.42. The quantitative estimate of drug-likeness (QED) is 0.693. The molecule has 1 N–H and O–H groups in total. The third-order valence-electron chi connectivity index (χ3n) is 4.03. The van der Waals surface area contributed by atoms with Crippen molar-refractivity contribution in [3.8, 4) is 0 Å². The van der Waals surface area contributed by atoms with E-state index in [0.29, 0.717) is 11.3 Å². The molecule has 24 heavy (non-hydrogen) atoms. The molecule has 0 aromatic heterocycles. The van der Waals surface area contributed by atoms with E-state index in [2.05, 4.69) is 5.32 Å². The molecule has 0 radical (unpaired) electrons. The van der Waals surface area contributed by atoms with Crippen molar-refractivity contribution in [3.63, 3.8) is 0 Å². The van der Waals surface area contributed by atoms with Crippen molar-refractivity contribution in [1.82, 2.24) is 0 Å². The van der Waals surface area contributed by atoms with Gasteiger partial charge in [0.25, 0.3) is 0 Å². The average molecular weight is 323 g/mol. The van der Waals surface area contributed by atoms with Gasteiger partial charge in [0.05, 0.1) is 12.3 Å². The molecule has 0 aliphatic carbocycles. The van der Waals surface area contributed by atoms with E-state index < -0.39 is 12.0 Å². The molecule has 2 aromatic carbocycles. The van der Waals surface area contributed by atoms with E-state index in [-0.39, 0.29) is 24.1 Å². The number of amides is 1. The van der Waals surface area contributed by atoms with Gasteiger partial charge in [-0.15, -0.1) is 0 Å². The zero-order chi connectivity index (χ0) is 17.1. The van der Waals surface area contributed by atoms with Crippen LogP contribution in [0.3, 0.4) is 0 Å². The first kappa shape index (κ1) is 15.9. The molecule has 5 nitrogen and oxygen atoms in total. The summed E-state index contributed by atoms with van der Waals surface area (Å²) < 4.78 is 5.32. The number of anilines is 1. The average Bonchev–Trinajstić information content (AvgIpc) is 2.98. The molecular formula is C19H17NO4. The standard InChI is InChI=1S/C19H17NO4/c1-12(21)13-7-9-15(10-8-13)20-19(23)16-11-17(22)24-18(16)14-5-3-2-4-6-14/h2-10,16,18H,11H2,1H3,(H,20,23)/t16-,18+/m0/s1. The number of carbonyl (C=O) groups is 3. The lowest BCUT2D eigenvalue weighted by Crippen LogP contribution is -2.25.